The molecular formula is C24H28N4O4. The van der Waals surface area contributed by atoms with Crippen LogP contribution < -0.4 is 0 Å². The minimum Gasteiger partial charge on any atom is -0.465 e. The number of pyridine rings is 1. The van der Waals surface area contributed by atoms with E-state index in [9.17, 15) is 14.4 Å². The number of hydrogen-bond donors (Lipinski definition) is 0. The largest absolute Gasteiger partial charge is 0.465 e. The van der Waals surface area contributed by atoms with E-state index in [2.05, 4.69) is 9.88 Å². The van der Waals surface area contributed by atoms with E-state index in [1.54, 1.807) is 23.2 Å². The minimum absolute atomic E-state index is 0.114. The lowest BCUT2D eigenvalue weighted by atomic mass is 9.85. The van der Waals surface area contributed by atoms with Gasteiger partial charge in [0, 0.05) is 32.4 Å². The van der Waals surface area contributed by atoms with E-state index in [0.29, 0.717) is 43.7 Å². The molecule has 0 aliphatic carbocycles. The zero-order valence-corrected chi connectivity index (χ0v) is 18.5. The Morgan fingerprint density at radius 3 is 2.38 bits per heavy atom. The van der Waals surface area contributed by atoms with Gasteiger partial charge in [-0.25, -0.2) is 9.59 Å². The van der Waals surface area contributed by atoms with E-state index in [1.807, 2.05) is 37.3 Å². The van der Waals surface area contributed by atoms with Crippen LogP contribution in [0.1, 0.15) is 41.4 Å². The van der Waals surface area contributed by atoms with Crippen LogP contribution in [-0.4, -0.2) is 69.9 Å². The number of piperidine rings is 1. The molecule has 0 radical (unpaired) electrons. The third kappa shape index (κ3) is 3.98. The predicted molar refractivity (Wildman–Crippen MR) is 118 cm³/mol. The number of likely N-dealkylation sites (tertiary alicyclic amines) is 1. The molecule has 8 heteroatoms. The van der Waals surface area contributed by atoms with Crippen molar-refractivity contribution in [1.29, 1.82) is 0 Å². The lowest BCUT2D eigenvalue weighted by Gasteiger charge is -2.42. The Balaban J connectivity index is 1.43. The van der Waals surface area contributed by atoms with Crippen molar-refractivity contribution >= 4 is 17.9 Å². The fourth-order valence-electron chi connectivity index (χ4n) is 4.70. The summed E-state index contributed by atoms with van der Waals surface area (Å²) in [5.41, 5.74) is 1.54. The third-order valence-corrected chi connectivity index (χ3v) is 6.45. The fourth-order valence-corrected chi connectivity index (χ4v) is 4.70. The highest BCUT2D eigenvalue weighted by Crippen LogP contribution is 2.38. The Labute approximate surface area is 187 Å². The molecule has 2 fully saturated rings. The van der Waals surface area contributed by atoms with Crippen molar-refractivity contribution in [3.8, 4) is 0 Å². The molecule has 2 saturated heterocycles. The second kappa shape index (κ2) is 9.08. The van der Waals surface area contributed by atoms with Crippen molar-refractivity contribution in [3.63, 3.8) is 0 Å². The van der Waals surface area contributed by atoms with E-state index in [4.69, 9.17) is 4.74 Å². The topological polar surface area (TPSA) is 83.1 Å². The molecule has 2 aliphatic rings. The molecule has 3 amide bonds. The van der Waals surface area contributed by atoms with Crippen molar-refractivity contribution in [2.45, 2.75) is 38.4 Å². The second-order valence-corrected chi connectivity index (χ2v) is 8.24. The first kappa shape index (κ1) is 22.0. The van der Waals surface area contributed by atoms with Crippen molar-refractivity contribution in [2.24, 2.45) is 0 Å². The van der Waals surface area contributed by atoms with Crippen LogP contribution in [0, 0.1) is 0 Å². The molecule has 0 unspecified atom stereocenters. The van der Waals surface area contributed by atoms with Crippen LogP contribution in [0.15, 0.2) is 48.7 Å². The molecular weight excluding hydrogens is 408 g/mol. The van der Waals surface area contributed by atoms with E-state index in [1.165, 1.54) is 12.0 Å². The Kier molecular flexibility index (Phi) is 6.23. The first-order valence-corrected chi connectivity index (χ1v) is 10.9. The molecule has 4 rings (SSSR count). The number of carbonyl (C=O) groups is 3. The van der Waals surface area contributed by atoms with Crippen molar-refractivity contribution in [1.82, 2.24) is 19.7 Å². The Hall–Kier alpha value is -3.26. The minimum atomic E-state index is -0.772. The van der Waals surface area contributed by atoms with Crippen molar-refractivity contribution < 1.29 is 19.1 Å². The maximum absolute atomic E-state index is 13.4. The van der Waals surface area contributed by atoms with Gasteiger partial charge in [0.1, 0.15) is 5.54 Å². The van der Waals surface area contributed by atoms with Gasteiger partial charge in [-0.1, -0.05) is 18.2 Å². The standard InChI is InChI=1S/C24H28N4O4/c1-3-28-23(31)27(17-20-6-4-5-13-25-20)22(30)24(28)11-14-26(15-12-24)16-18-7-9-19(10-8-18)21(29)32-2/h4-10,13H,3,11-12,14-17H2,1-2H3. The van der Waals surface area contributed by atoms with E-state index in [0.717, 1.165) is 12.1 Å². The SMILES string of the molecule is CCN1C(=O)N(Cc2ccccn2)C(=O)C12CCN(Cc1ccc(C(=O)OC)cc1)CC2. The lowest BCUT2D eigenvalue weighted by Crippen LogP contribution is -2.56. The molecule has 3 heterocycles. The second-order valence-electron chi connectivity index (χ2n) is 8.24. The molecule has 0 bridgehead atoms. The summed E-state index contributed by atoms with van der Waals surface area (Å²) >= 11 is 0. The van der Waals surface area contributed by atoms with Gasteiger partial charge in [-0.3, -0.25) is 19.6 Å². The van der Waals surface area contributed by atoms with Gasteiger partial charge in [0.05, 0.1) is 24.9 Å². The molecule has 32 heavy (non-hydrogen) atoms. The number of esters is 1. The molecule has 2 aliphatic heterocycles. The Morgan fingerprint density at radius 1 is 1.06 bits per heavy atom. The molecule has 1 spiro atoms. The normalized spacial score (nSPS) is 18.4. The molecule has 168 valence electrons. The smallest absolute Gasteiger partial charge is 0.337 e. The van der Waals surface area contributed by atoms with Crippen LogP contribution in [0.2, 0.25) is 0 Å². The van der Waals surface area contributed by atoms with Gasteiger partial charge in [-0.15, -0.1) is 0 Å². The third-order valence-electron chi connectivity index (χ3n) is 6.45. The average Bonchev–Trinajstić information content (AvgIpc) is 3.02. The summed E-state index contributed by atoms with van der Waals surface area (Å²) in [6, 6.07) is 12.7. The highest BCUT2D eigenvalue weighted by Gasteiger charge is 2.57. The van der Waals surface area contributed by atoms with Crippen LogP contribution >= 0.6 is 0 Å². The first-order chi connectivity index (χ1) is 15.5. The van der Waals surface area contributed by atoms with Gasteiger partial charge >= 0.3 is 12.0 Å². The van der Waals surface area contributed by atoms with Gasteiger partial charge < -0.3 is 9.64 Å². The summed E-state index contributed by atoms with van der Waals surface area (Å²) < 4.78 is 4.74. The van der Waals surface area contributed by atoms with Crippen molar-refractivity contribution in [3.05, 3.63) is 65.5 Å². The molecule has 2 aromatic rings. The fraction of sp³-hybridized carbons (Fsp3) is 0.417. The predicted octanol–water partition coefficient (Wildman–Crippen LogP) is 2.69. The number of aromatic nitrogens is 1. The zero-order valence-electron chi connectivity index (χ0n) is 18.5. The van der Waals surface area contributed by atoms with E-state index < -0.39 is 5.54 Å². The highest BCUT2D eigenvalue weighted by molar-refractivity contribution is 6.07. The van der Waals surface area contributed by atoms with Crippen LogP contribution in [0.3, 0.4) is 0 Å². The number of methoxy groups -OCH3 is 1. The molecule has 8 nitrogen and oxygen atoms in total. The summed E-state index contributed by atoms with van der Waals surface area (Å²) in [4.78, 5) is 47.8. The van der Waals surface area contributed by atoms with Gasteiger partial charge in [0.15, 0.2) is 0 Å². The summed E-state index contributed by atoms with van der Waals surface area (Å²) in [5.74, 6) is -0.465. The average molecular weight is 437 g/mol. The number of benzene rings is 1. The zero-order chi connectivity index (χ0) is 22.7. The van der Waals surface area contributed by atoms with Crippen LogP contribution in [0.25, 0.3) is 0 Å². The monoisotopic (exact) mass is 436 g/mol. The first-order valence-electron chi connectivity index (χ1n) is 10.9. The summed E-state index contributed by atoms with van der Waals surface area (Å²) in [6.45, 7) is 4.78. The molecule has 0 atom stereocenters. The number of nitrogens with zero attached hydrogens (tertiary/aromatic N) is 4. The highest BCUT2D eigenvalue weighted by atomic mass is 16.5. The quantitative estimate of drug-likeness (QED) is 0.512. The number of amides is 3. The van der Waals surface area contributed by atoms with Gasteiger partial charge in [-0.05, 0) is 49.6 Å². The van der Waals surface area contributed by atoms with Crippen molar-refractivity contribution in [2.75, 3.05) is 26.7 Å². The molecule has 0 saturated carbocycles. The van der Waals surface area contributed by atoms with E-state index in [-0.39, 0.29) is 24.5 Å². The lowest BCUT2D eigenvalue weighted by molar-refractivity contribution is -0.136. The summed E-state index contributed by atoms with van der Waals surface area (Å²) in [6.07, 6.45) is 2.87. The number of urea groups is 1. The number of ether oxygens (including phenoxy) is 1. The van der Waals surface area contributed by atoms with E-state index >= 15 is 0 Å². The molecule has 1 aromatic heterocycles. The summed E-state index contributed by atoms with van der Waals surface area (Å²) in [7, 11) is 1.37. The number of imide groups is 1. The van der Waals surface area contributed by atoms with Gasteiger partial charge in [0.25, 0.3) is 5.91 Å². The number of carbonyl (C=O) groups excluding carboxylic acids is 3. The number of hydrogen-bond acceptors (Lipinski definition) is 6. The summed E-state index contributed by atoms with van der Waals surface area (Å²) in [5, 5.41) is 0. The number of rotatable bonds is 6. The van der Waals surface area contributed by atoms with Crippen LogP contribution in [-0.2, 0) is 22.6 Å². The maximum Gasteiger partial charge on any atom is 0.337 e. The Morgan fingerprint density at radius 2 is 1.78 bits per heavy atom. The molecule has 0 N–H and O–H groups in total. The number of likely N-dealkylation sites (N-methyl/N-ethyl adjacent to an activating group) is 1. The molecule has 1 aromatic carbocycles. The van der Waals surface area contributed by atoms with Gasteiger partial charge in [0.2, 0.25) is 0 Å². The maximum atomic E-state index is 13.4. The Bertz CT molecular complexity index is 985. The van der Waals surface area contributed by atoms with Crippen LogP contribution in [0.5, 0.6) is 0 Å². The van der Waals surface area contributed by atoms with Crippen LogP contribution in [0.4, 0.5) is 4.79 Å². The van der Waals surface area contributed by atoms with Gasteiger partial charge in [-0.2, -0.15) is 0 Å².